The van der Waals surface area contributed by atoms with Crippen molar-refractivity contribution in [1.29, 1.82) is 0 Å². The molecule has 8 nitrogen and oxygen atoms in total. The second kappa shape index (κ2) is 11.5. The molecule has 3 aromatic carbocycles. The van der Waals surface area contributed by atoms with Crippen LogP contribution in [0.4, 0.5) is 18.9 Å². The second-order valence-electron chi connectivity index (χ2n) is 9.09. The molecule has 0 spiro atoms. The Morgan fingerprint density at radius 3 is 2.38 bits per heavy atom. The van der Waals surface area contributed by atoms with E-state index in [0.717, 1.165) is 0 Å². The Kier molecular flexibility index (Phi) is 7.72. The number of piperidine rings is 1. The first-order chi connectivity index (χ1) is 19.2. The van der Waals surface area contributed by atoms with Crippen LogP contribution in [0.25, 0.3) is 11.1 Å². The lowest BCUT2D eigenvalue weighted by molar-refractivity contribution is -0.274. The van der Waals surface area contributed by atoms with Crippen molar-refractivity contribution in [2.45, 2.75) is 25.3 Å². The Balaban J connectivity index is 1.21. The monoisotopic (exact) mass is 551 g/mol. The molecule has 0 unspecified atom stereocenters. The van der Waals surface area contributed by atoms with Crippen LogP contribution in [0.2, 0.25) is 0 Å². The van der Waals surface area contributed by atoms with E-state index in [1.807, 2.05) is 0 Å². The number of hydrogen-bond donors (Lipinski definition) is 1. The highest BCUT2D eigenvalue weighted by Crippen LogP contribution is 2.29. The van der Waals surface area contributed by atoms with Gasteiger partial charge in [0.15, 0.2) is 0 Å². The third-order valence-electron chi connectivity index (χ3n) is 6.34. The molecule has 0 bridgehead atoms. The molecule has 0 saturated carbocycles. The summed E-state index contributed by atoms with van der Waals surface area (Å²) < 4.78 is 52.5. The van der Waals surface area contributed by atoms with Crippen molar-refractivity contribution in [2.24, 2.45) is 0 Å². The minimum atomic E-state index is -4.79. The number of ether oxygens (including phenoxy) is 2. The van der Waals surface area contributed by atoms with Gasteiger partial charge in [-0.05, 0) is 41.5 Å². The maximum absolute atomic E-state index is 13.2. The van der Waals surface area contributed by atoms with Crippen molar-refractivity contribution in [3.8, 4) is 22.6 Å². The van der Waals surface area contributed by atoms with Gasteiger partial charge in [0.1, 0.15) is 17.6 Å². The van der Waals surface area contributed by atoms with E-state index in [4.69, 9.17) is 9.26 Å². The topological polar surface area (TPSA) is 93.9 Å². The largest absolute Gasteiger partial charge is 0.573 e. The number of hydrogen-bond acceptors (Lipinski definition) is 6. The smallest absolute Gasteiger partial charge is 0.490 e. The van der Waals surface area contributed by atoms with Gasteiger partial charge in [-0.15, -0.1) is 13.2 Å². The molecule has 0 atom stereocenters. The number of alkyl halides is 3. The second-order valence-corrected chi connectivity index (χ2v) is 9.09. The van der Waals surface area contributed by atoms with E-state index in [0.29, 0.717) is 54.1 Å². The van der Waals surface area contributed by atoms with Gasteiger partial charge < -0.3 is 24.2 Å². The molecule has 2 amide bonds. The fraction of sp³-hybridized carbons (Fsp3) is 0.207. The average Bonchev–Trinajstić information content (AvgIpc) is 3.48. The lowest BCUT2D eigenvalue weighted by Crippen LogP contribution is -2.41. The number of benzene rings is 3. The zero-order valence-electron chi connectivity index (χ0n) is 21.1. The van der Waals surface area contributed by atoms with Crippen LogP contribution < -0.4 is 14.8 Å². The zero-order chi connectivity index (χ0) is 28.1. The summed E-state index contributed by atoms with van der Waals surface area (Å²) in [6.07, 6.45) is -2.18. The van der Waals surface area contributed by atoms with E-state index in [-0.39, 0.29) is 29.4 Å². The molecule has 1 aliphatic heterocycles. The summed E-state index contributed by atoms with van der Waals surface area (Å²) >= 11 is 0. The third kappa shape index (κ3) is 6.60. The Morgan fingerprint density at radius 1 is 0.925 bits per heavy atom. The molecule has 11 heteroatoms. The third-order valence-corrected chi connectivity index (χ3v) is 6.34. The summed E-state index contributed by atoms with van der Waals surface area (Å²) in [5.41, 5.74) is 1.98. The summed E-state index contributed by atoms with van der Waals surface area (Å²) in [7, 11) is 0. The number of nitrogens with one attached hydrogen (secondary N) is 1. The summed E-state index contributed by atoms with van der Waals surface area (Å²) in [5.74, 6) is -0.153. The first kappa shape index (κ1) is 26.8. The minimum absolute atomic E-state index is 0.102. The van der Waals surface area contributed by atoms with Crippen LogP contribution in [0.15, 0.2) is 89.6 Å². The number of anilines is 1. The van der Waals surface area contributed by atoms with Crippen LogP contribution in [-0.2, 0) is 0 Å². The number of halogens is 3. The van der Waals surface area contributed by atoms with Gasteiger partial charge in [-0.3, -0.25) is 9.59 Å². The molecule has 1 aromatic heterocycles. The number of carbonyl (C=O) groups excluding carboxylic acids is 2. The van der Waals surface area contributed by atoms with Crippen molar-refractivity contribution in [3.05, 3.63) is 96.4 Å². The Morgan fingerprint density at radius 2 is 1.68 bits per heavy atom. The molecule has 0 radical (unpaired) electrons. The normalized spacial score (nSPS) is 14.0. The molecule has 4 aromatic rings. The number of nitrogens with zero attached hydrogens (tertiary/aromatic N) is 2. The lowest BCUT2D eigenvalue weighted by atomic mass is 9.99. The highest BCUT2D eigenvalue weighted by molar-refractivity contribution is 6.08. The van der Waals surface area contributed by atoms with Gasteiger partial charge in [-0.2, -0.15) is 0 Å². The van der Waals surface area contributed by atoms with Crippen LogP contribution in [0.1, 0.15) is 33.8 Å². The van der Waals surface area contributed by atoms with E-state index in [1.54, 1.807) is 53.4 Å². The summed E-state index contributed by atoms with van der Waals surface area (Å²) in [6, 6.07) is 20.7. The van der Waals surface area contributed by atoms with Crippen molar-refractivity contribution >= 4 is 17.5 Å². The van der Waals surface area contributed by atoms with Crippen molar-refractivity contribution in [2.75, 3.05) is 18.4 Å². The number of likely N-dealkylation sites (tertiary alicyclic amines) is 1. The number of carbonyl (C=O) groups is 2. The van der Waals surface area contributed by atoms with Crippen molar-refractivity contribution in [1.82, 2.24) is 10.1 Å². The molecule has 1 fully saturated rings. The van der Waals surface area contributed by atoms with Crippen molar-refractivity contribution < 1.29 is 36.8 Å². The summed E-state index contributed by atoms with van der Waals surface area (Å²) in [6.45, 7) is 1.03. The van der Waals surface area contributed by atoms with Gasteiger partial charge >= 0.3 is 6.36 Å². The number of aromatic nitrogens is 1. The van der Waals surface area contributed by atoms with Gasteiger partial charge in [0.25, 0.3) is 11.8 Å². The molecular formula is C29H24F3N3O5. The molecule has 206 valence electrons. The van der Waals surface area contributed by atoms with Crippen LogP contribution >= 0.6 is 0 Å². The first-order valence-electron chi connectivity index (χ1n) is 12.5. The maximum Gasteiger partial charge on any atom is 0.573 e. The van der Waals surface area contributed by atoms with Crippen molar-refractivity contribution in [3.63, 3.8) is 0 Å². The van der Waals surface area contributed by atoms with E-state index in [2.05, 4.69) is 15.2 Å². The highest BCUT2D eigenvalue weighted by atomic mass is 19.4. The first-order valence-corrected chi connectivity index (χ1v) is 12.5. The molecular weight excluding hydrogens is 527 g/mol. The van der Waals surface area contributed by atoms with E-state index < -0.39 is 6.36 Å². The molecule has 0 aliphatic carbocycles. The van der Waals surface area contributed by atoms with Gasteiger partial charge in [0, 0.05) is 49.3 Å². The van der Waals surface area contributed by atoms with Crippen LogP contribution in [0.5, 0.6) is 11.5 Å². The molecule has 2 heterocycles. The van der Waals surface area contributed by atoms with Gasteiger partial charge in [-0.1, -0.05) is 41.6 Å². The van der Waals surface area contributed by atoms with Crippen LogP contribution in [0, 0.1) is 0 Å². The standard InChI is InChI=1S/C29H24F3N3O5/c30-29(31,32)39-22-10-8-19(9-11-22)24-6-1-2-7-25(24)27(36)34-20-4-3-5-23(18-20)38-21-13-16-35(17-14-21)28(37)26-12-15-33-40-26/h1-12,15,18,21H,13-14,16-17H2,(H,34,36). The predicted molar refractivity (Wildman–Crippen MR) is 139 cm³/mol. The molecule has 1 aliphatic rings. The highest BCUT2D eigenvalue weighted by Gasteiger charge is 2.31. The van der Waals surface area contributed by atoms with E-state index in [9.17, 15) is 22.8 Å². The molecule has 5 rings (SSSR count). The fourth-order valence-corrected chi connectivity index (χ4v) is 4.47. The number of amides is 2. The zero-order valence-corrected chi connectivity index (χ0v) is 21.1. The Hall–Kier alpha value is -4.80. The Labute approximate surface area is 227 Å². The van der Waals surface area contributed by atoms with Gasteiger partial charge in [0.05, 0.1) is 6.20 Å². The lowest BCUT2D eigenvalue weighted by Gasteiger charge is -2.31. The van der Waals surface area contributed by atoms with Gasteiger partial charge in [0.2, 0.25) is 5.76 Å². The Bertz CT molecular complexity index is 1470. The number of rotatable bonds is 7. The van der Waals surface area contributed by atoms with E-state index in [1.165, 1.54) is 36.5 Å². The van der Waals surface area contributed by atoms with Gasteiger partial charge in [-0.25, -0.2) is 0 Å². The molecule has 40 heavy (non-hydrogen) atoms. The quantitative estimate of drug-likeness (QED) is 0.295. The SMILES string of the molecule is O=C(Nc1cccc(OC2CCN(C(=O)c3ccno3)CC2)c1)c1ccccc1-c1ccc(OC(F)(F)F)cc1. The fourth-order valence-electron chi connectivity index (χ4n) is 4.47. The van der Waals surface area contributed by atoms with Crippen LogP contribution in [-0.4, -0.2) is 47.4 Å². The molecule has 1 N–H and O–H groups in total. The summed E-state index contributed by atoms with van der Waals surface area (Å²) in [5, 5.41) is 6.44. The predicted octanol–water partition coefficient (Wildman–Crippen LogP) is 6.18. The van der Waals surface area contributed by atoms with Crippen LogP contribution in [0.3, 0.4) is 0 Å². The average molecular weight is 552 g/mol. The molecule has 1 saturated heterocycles. The van der Waals surface area contributed by atoms with E-state index >= 15 is 0 Å². The minimum Gasteiger partial charge on any atom is -0.490 e. The maximum atomic E-state index is 13.2. The summed E-state index contributed by atoms with van der Waals surface area (Å²) in [4.78, 5) is 27.3.